The van der Waals surface area contributed by atoms with Crippen LogP contribution in [-0.4, -0.2) is 54.6 Å². The summed E-state index contributed by atoms with van der Waals surface area (Å²) in [6, 6.07) is 12.6. The van der Waals surface area contributed by atoms with Crippen molar-refractivity contribution in [2.24, 2.45) is 0 Å². The maximum absolute atomic E-state index is 12.5. The van der Waals surface area contributed by atoms with Crippen LogP contribution in [0.4, 0.5) is 26.8 Å². The molecule has 3 heterocycles. The van der Waals surface area contributed by atoms with E-state index in [1.165, 1.54) is 10.4 Å². The first kappa shape index (κ1) is 18.9. The number of thiocarbonyl (C=S) groups is 1. The zero-order chi connectivity index (χ0) is 20.2. The molecular formula is C19H19N5O4S. The fourth-order valence-electron chi connectivity index (χ4n) is 3.23. The van der Waals surface area contributed by atoms with Gasteiger partial charge in [-0.05, 0) is 36.4 Å². The molecule has 2 aromatic rings. The number of carbonyl (C=O) groups excluding carboxylic acids is 2. The zero-order valence-electron chi connectivity index (χ0n) is 15.4. The van der Waals surface area contributed by atoms with E-state index >= 15 is 0 Å². The minimum atomic E-state index is -0.489. The first-order valence-corrected chi connectivity index (χ1v) is 9.52. The van der Waals surface area contributed by atoms with E-state index in [1.807, 2.05) is 18.2 Å². The van der Waals surface area contributed by atoms with Gasteiger partial charge in [0.05, 0.1) is 18.6 Å². The van der Waals surface area contributed by atoms with E-state index in [1.54, 1.807) is 35.4 Å². The summed E-state index contributed by atoms with van der Waals surface area (Å²) in [4.78, 5) is 31.4. The highest BCUT2D eigenvalue weighted by molar-refractivity contribution is 7.78. The van der Waals surface area contributed by atoms with Gasteiger partial charge >= 0.3 is 12.2 Å². The molecule has 150 valence electrons. The Morgan fingerprint density at radius 1 is 1.10 bits per heavy atom. The molecule has 2 aliphatic heterocycles. The molecule has 0 aliphatic carbocycles. The number of pyridine rings is 1. The van der Waals surface area contributed by atoms with Crippen LogP contribution in [0.25, 0.3) is 0 Å². The second-order valence-electron chi connectivity index (χ2n) is 6.44. The van der Waals surface area contributed by atoms with Crippen molar-refractivity contribution in [2.45, 2.75) is 12.3 Å². The molecule has 2 aliphatic rings. The summed E-state index contributed by atoms with van der Waals surface area (Å²) in [6.45, 7) is 1.21. The summed E-state index contributed by atoms with van der Waals surface area (Å²) in [5, 5.41) is 6.18. The first-order valence-electron chi connectivity index (χ1n) is 9.05. The van der Waals surface area contributed by atoms with Crippen LogP contribution in [0.15, 0.2) is 48.7 Å². The minimum absolute atomic E-state index is 0.324. The van der Waals surface area contributed by atoms with E-state index in [0.29, 0.717) is 31.2 Å². The van der Waals surface area contributed by atoms with Crippen LogP contribution in [0.2, 0.25) is 0 Å². The van der Waals surface area contributed by atoms with Crippen molar-refractivity contribution in [3.05, 3.63) is 48.7 Å². The van der Waals surface area contributed by atoms with Crippen LogP contribution in [0, 0.1) is 0 Å². The molecule has 1 aromatic carbocycles. The van der Waals surface area contributed by atoms with Crippen LogP contribution in [0.5, 0.6) is 0 Å². The summed E-state index contributed by atoms with van der Waals surface area (Å²) in [5.41, 5.74) is 2.77. The van der Waals surface area contributed by atoms with Gasteiger partial charge in [0.2, 0.25) is 0 Å². The molecule has 0 bridgehead atoms. The normalized spacial score (nSPS) is 19.5. The van der Waals surface area contributed by atoms with Crippen molar-refractivity contribution in [1.82, 2.24) is 10.3 Å². The average molecular weight is 413 g/mol. The highest BCUT2D eigenvalue weighted by atomic mass is 32.1. The Morgan fingerprint density at radius 2 is 1.86 bits per heavy atom. The Hall–Kier alpha value is -3.40. The first-order chi connectivity index (χ1) is 14.2. The summed E-state index contributed by atoms with van der Waals surface area (Å²) >= 11 is 4.92. The molecule has 0 saturated carbocycles. The van der Waals surface area contributed by atoms with Gasteiger partial charge in [0.1, 0.15) is 18.6 Å². The monoisotopic (exact) mass is 413 g/mol. The Balaban J connectivity index is 1.46. The third-order valence-electron chi connectivity index (χ3n) is 4.66. The van der Waals surface area contributed by atoms with Crippen LogP contribution in [-0.2, 0) is 9.47 Å². The number of anilines is 3. The van der Waals surface area contributed by atoms with Gasteiger partial charge in [0, 0.05) is 17.6 Å². The summed E-state index contributed by atoms with van der Waals surface area (Å²) in [6.07, 6.45) is -0.0797. The van der Waals surface area contributed by atoms with Gasteiger partial charge < -0.3 is 20.1 Å². The number of nitrogens with zero attached hydrogens (tertiary/aromatic N) is 3. The largest absolute Gasteiger partial charge is 0.447 e. The highest BCUT2D eigenvalue weighted by Gasteiger charge is 2.37. The van der Waals surface area contributed by atoms with Gasteiger partial charge in [-0.3, -0.25) is 9.80 Å². The maximum Gasteiger partial charge on any atom is 0.414 e. The minimum Gasteiger partial charge on any atom is -0.447 e. The molecule has 1 unspecified atom stereocenters. The van der Waals surface area contributed by atoms with Crippen molar-refractivity contribution in [1.29, 1.82) is 0 Å². The second kappa shape index (κ2) is 8.31. The van der Waals surface area contributed by atoms with Crippen LogP contribution in [0.3, 0.4) is 0 Å². The van der Waals surface area contributed by atoms with E-state index in [9.17, 15) is 9.59 Å². The van der Waals surface area contributed by atoms with E-state index in [0.717, 1.165) is 5.69 Å². The van der Waals surface area contributed by atoms with Crippen molar-refractivity contribution >= 4 is 47.1 Å². The van der Waals surface area contributed by atoms with Crippen molar-refractivity contribution in [3.63, 3.8) is 0 Å². The van der Waals surface area contributed by atoms with E-state index < -0.39 is 18.4 Å². The predicted molar refractivity (Wildman–Crippen MR) is 111 cm³/mol. The molecule has 29 heavy (non-hydrogen) atoms. The molecular weight excluding hydrogens is 394 g/mol. The Labute approximate surface area is 172 Å². The van der Waals surface area contributed by atoms with E-state index in [4.69, 9.17) is 21.7 Å². The number of cyclic esters (lactones) is 2. The standard InChI is InChI=1S/C19H19N5O4S/c25-18-23(9-10-27-18)13-4-6-14(7-5-13)24-11-15(28-19(24)26)17(21-12-29)22-16-3-1-2-8-20-16/h1-8,12,15,17H,9-11H2,(H,20,22)(H,21,29)/t15-,17?/m0/s1. The number of amides is 2. The number of carbonyl (C=O) groups is 2. The van der Waals surface area contributed by atoms with Crippen molar-refractivity contribution in [3.8, 4) is 0 Å². The molecule has 2 atom stereocenters. The molecule has 1 aromatic heterocycles. The SMILES string of the molecule is O=C1OCCN1c1ccc(N2C[C@@H](C(NC=S)Nc3ccccn3)OC2=O)cc1. The zero-order valence-corrected chi connectivity index (χ0v) is 16.2. The number of hydrogen-bond donors (Lipinski definition) is 2. The van der Waals surface area contributed by atoms with Gasteiger partial charge in [0.15, 0.2) is 6.10 Å². The molecule has 10 heteroatoms. The van der Waals surface area contributed by atoms with Crippen molar-refractivity contribution < 1.29 is 19.1 Å². The van der Waals surface area contributed by atoms with Crippen molar-refractivity contribution in [2.75, 3.05) is 34.8 Å². The smallest absolute Gasteiger partial charge is 0.414 e. The highest BCUT2D eigenvalue weighted by Crippen LogP contribution is 2.27. The number of benzene rings is 1. The van der Waals surface area contributed by atoms with Gasteiger partial charge in [0.25, 0.3) is 0 Å². The molecule has 2 fully saturated rings. The Morgan fingerprint density at radius 3 is 2.48 bits per heavy atom. The number of aromatic nitrogens is 1. The molecule has 9 nitrogen and oxygen atoms in total. The number of hydrogen-bond acceptors (Lipinski definition) is 7. The number of ether oxygens (including phenoxy) is 2. The second-order valence-corrected chi connectivity index (χ2v) is 6.67. The molecule has 2 amide bonds. The molecule has 0 radical (unpaired) electrons. The topological polar surface area (TPSA) is 96.0 Å². The fourth-order valence-corrected chi connectivity index (χ4v) is 3.38. The lowest BCUT2D eigenvalue weighted by Gasteiger charge is -2.23. The van der Waals surface area contributed by atoms with Gasteiger partial charge in [-0.15, -0.1) is 0 Å². The number of rotatable bonds is 7. The van der Waals surface area contributed by atoms with Crippen LogP contribution in [0.1, 0.15) is 0 Å². The lowest BCUT2D eigenvalue weighted by Crippen LogP contribution is -2.47. The third kappa shape index (κ3) is 4.06. The lowest BCUT2D eigenvalue weighted by atomic mass is 10.2. The summed E-state index contributed by atoms with van der Waals surface area (Å²) < 4.78 is 10.5. The number of nitrogens with one attached hydrogen (secondary N) is 2. The van der Waals surface area contributed by atoms with E-state index in [-0.39, 0.29) is 6.09 Å². The third-order valence-corrected chi connectivity index (χ3v) is 4.79. The molecule has 0 spiro atoms. The summed E-state index contributed by atoms with van der Waals surface area (Å²) in [5.74, 6) is 0.637. The van der Waals surface area contributed by atoms with Gasteiger partial charge in [-0.25, -0.2) is 14.6 Å². The van der Waals surface area contributed by atoms with Gasteiger partial charge in [-0.1, -0.05) is 18.3 Å². The lowest BCUT2D eigenvalue weighted by molar-refractivity contribution is 0.128. The van der Waals surface area contributed by atoms with Crippen LogP contribution < -0.4 is 20.4 Å². The predicted octanol–water partition coefficient (Wildman–Crippen LogP) is 2.35. The average Bonchev–Trinajstić information content (AvgIpc) is 3.34. The maximum atomic E-state index is 12.5. The molecule has 2 saturated heterocycles. The fraction of sp³-hybridized carbons (Fsp3) is 0.263. The Kier molecular flexibility index (Phi) is 5.43. The molecule has 2 N–H and O–H groups in total. The van der Waals surface area contributed by atoms with Gasteiger partial charge in [-0.2, -0.15) is 0 Å². The van der Waals surface area contributed by atoms with Crippen LogP contribution >= 0.6 is 12.2 Å². The van der Waals surface area contributed by atoms with E-state index in [2.05, 4.69) is 15.6 Å². The summed E-state index contributed by atoms with van der Waals surface area (Å²) in [7, 11) is 0. The quantitative estimate of drug-likeness (QED) is 0.528. The Bertz CT molecular complexity index is 895. The molecule has 4 rings (SSSR count).